The summed E-state index contributed by atoms with van der Waals surface area (Å²) in [5, 5.41) is 2.70. The molecule has 0 saturated carbocycles. The average Bonchev–Trinajstić information content (AvgIpc) is 2.39. The third kappa shape index (κ3) is 10.3. The number of hydrogen-bond donors (Lipinski definition) is 2. The Morgan fingerprint density at radius 1 is 1.44 bits per heavy atom. The number of ether oxygens (including phenoxy) is 1. The van der Waals surface area contributed by atoms with Crippen LogP contribution in [0.5, 0.6) is 0 Å². The quantitative estimate of drug-likeness (QED) is 0.414. The normalized spacial score (nSPS) is 12.1. The van der Waals surface area contributed by atoms with E-state index >= 15 is 0 Å². The van der Waals surface area contributed by atoms with Crippen molar-refractivity contribution in [2.45, 2.75) is 51.6 Å². The van der Waals surface area contributed by atoms with Gasteiger partial charge in [-0.1, -0.05) is 25.8 Å². The third-order valence-corrected chi connectivity index (χ3v) is 2.81. The SMILES string of the molecule is C=CCCCCCC(CC)OCC(=O)NCCN. The molecule has 0 heterocycles. The Kier molecular flexibility index (Phi) is 12.0. The van der Waals surface area contributed by atoms with Crippen LogP contribution in [0, 0.1) is 0 Å². The molecule has 0 aromatic rings. The number of carbonyl (C=O) groups is 1. The second kappa shape index (κ2) is 12.6. The van der Waals surface area contributed by atoms with E-state index in [0.29, 0.717) is 13.1 Å². The van der Waals surface area contributed by atoms with Crippen molar-refractivity contribution in [2.24, 2.45) is 5.73 Å². The number of hydrogen-bond acceptors (Lipinski definition) is 3. The van der Waals surface area contributed by atoms with Crippen molar-refractivity contribution in [3.8, 4) is 0 Å². The van der Waals surface area contributed by atoms with Gasteiger partial charge < -0.3 is 15.8 Å². The fraction of sp³-hybridized carbons (Fsp3) is 0.786. The minimum Gasteiger partial charge on any atom is -0.368 e. The van der Waals surface area contributed by atoms with Crippen LogP contribution < -0.4 is 11.1 Å². The summed E-state index contributed by atoms with van der Waals surface area (Å²) >= 11 is 0. The summed E-state index contributed by atoms with van der Waals surface area (Å²) in [6.07, 6.45) is 8.74. The van der Waals surface area contributed by atoms with Crippen LogP contribution in [0.15, 0.2) is 12.7 Å². The largest absolute Gasteiger partial charge is 0.368 e. The summed E-state index contributed by atoms with van der Waals surface area (Å²) in [4.78, 5) is 11.3. The van der Waals surface area contributed by atoms with Crippen molar-refractivity contribution in [1.29, 1.82) is 0 Å². The van der Waals surface area contributed by atoms with Gasteiger partial charge in [-0.2, -0.15) is 0 Å². The molecule has 1 amide bonds. The van der Waals surface area contributed by atoms with E-state index in [1.165, 1.54) is 12.8 Å². The molecule has 4 nitrogen and oxygen atoms in total. The number of carbonyl (C=O) groups excluding carboxylic acids is 1. The number of amides is 1. The van der Waals surface area contributed by atoms with E-state index in [4.69, 9.17) is 10.5 Å². The van der Waals surface area contributed by atoms with Crippen molar-refractivity contribution in [1.82, 2.24) is 5.32 Å². The van der Waals surface area contributed by atoms with Gasteiger partial charge in [0.05, 0.1) is 6.10 Å². The zero-order valence-electron chi connectivity index (χ0n) is 11.6. The second-order valence-corrected chi connectivity index (χ2v) is 4.41. The van der Waals surface area contributed by atoms with E-state index in [9.17, 15) is 4.79 Å². The van der Waals surface area contributed by atoms with Crippen molar-refractivity contribution < 1.29 is 9.53 Å². The van der Waals surface area contributed by atoms with Crippen LogP contribution in [-0.2, 0) is 9.53 Å². The van der Waals surface area contributed by atoms with Crippen LogP contribution in [0.4, 0.5) is 0 Å². The molecule has 0 radical (unpaired) electrons. The summed E-state index contributed by atoms with van der Waals surface area (Å²) in [5.74, 6) is -0.0782. The maximum absolute atomic E-state index is 11.3. The first-order chi connectivity index (χ1) is 8.74. The van der Waals surface area contributed by atoms with E-state index in [1.54, 1.807) is 0 Å². The molecule has 4 heteroatoms. The molecule has 0 aromatic heterocycles. The van der Waals surface area contributed by atoms with Gasteiger partial charge in [0.25, 0.3) is 0 Å². The van der Waals surface area contributed by atoms with Crippen LogP contribution in [0.2, 0.25) is 0 Å². The van der Waals surface area contributed by atoms with Crippen molar-refractivity contribution in [2.75, 3.05) is 19.7 Å². The molecule has 3 N–H and O–H groups in total. The van der Waals surface area contributed by atoms with Gasteiger partial charge in [0.1, 0.15) is 6.61 Å². The Labute approximate surface area is 111 Å². The molecule has 0 saturated heterocycles. The monoisotopic (exact) mass is 256 g/mol. The highest BCUT2D eigenvalue weighted by Gasteiger charge is 2.08. The predicted octanol–water partition coefficient (Wildman–Crippen LogP) is 1.99. The summed E-state index contributed by atoms with van der Waals surface area (Å²) in [7, 11) is 0. The summed E-state index contributed by atoms with van der Waals surface area (Å²) in [6, 6.07) is 0. The van der Waals surface area contributed by atoms with Crippen LogP contribution in [0.3, 0.4) is 0 Å². The molecular formula is C14H28N2O2. The van der Waals surface area contributed by atoms with Crippen LogP contribution in [0.25, 0.3) is 0 Å². The minimum atomic E-state index is -0.0782. The molecule has 106 valence electrons. The molecular weight excluding hydrogens is 228 g/mol. The molecule has 1 atom stereocenters. The standard InChI is InChI=1S/C14H28N2O2/c1-3-5-6-7-8-9-13(4-2)18-12-14(17)16-11-10-15/h3,13H,1,4-12,15H2,2H3,(H,16,17). The van der Waals surface area contributed by atoms with Gasteiger partial charge in [-0.3, -0.25) is 4.79 Å². The van der Waals surface area contributed by atoms with Crippen molar-refractivity contribution in [3.05, 3.63) is 12.7 Å². The number of nitrogens with one attached hydrogen (secondary N) is 1. The third-order valence-electron chi connectivity index (χ3n) is 2.81. The van der Waals surface area contributed by atoms with Crippen LogP contribution in [0.1, 0.15) is 45.4 Å². The summed E-state index contributed by atoms with van der Waals surface area (Å²) < 4.78 is 5.58. The number of allylic oxidation sites excluding steroid dienone is 1. The van der Waals surface area contributed by atoms with Gasteiger partial charge in [0, 0.05) is 13.1 Å². The zero-order chi connectivity index (χ0) is 13.6. The van der Waals surface area contributed by atoms with Crippen molar-refractivity contribution >= 4 is 5.91 Å². The smallest absolute Gasteiger partial charge is 0.246 e. The molecule has 0 bridgehead atoms. The van der Waals surface area contributed by atoms with E-state index in [0.717, 1.165) is 25.7 Å². The van der Waals surface area contributed by atoms with Gasteiger partial charge >= 0.3 is 0 Å². The lowest BCUT2D eigenvalue weighted by atomic mass is 10.1. The highest BCUT2D eigenvalue weighted by atomic mass is 16.5. The number of nitrogens with two attached hydrogens (primary N) is 1. The van der Waals surface area contributed by atoms with Crippen LogP contribution in [-0.4, -0.2) is 31.7 Å². The highest BCUT2D eigenvalue weighted by molar-refractivity contribution is 5.77. The molecule has 0 fully saturated rings. The molecule has 0 aromatic carbocycles. The van der Waals surface area contributed by atoms with E-state index in [-0.39, 0.29) is 18.6 Å². The topological polar surface area (TPSA) is 64.3 Å². The van der Waals surface area contributed by atoms with E-state index in [1.807, 2.05) is 6.08 Å². The Hall–Kier alpha value is -0.870. The predicted molar refractivity (Wildman–Crippen MR) is 75.4 cm³/mol. The summed E-state index contributed by atoms with van der Waals surface area (Å²) in [6.45, 7) is 6.92. The minimum absolute atomic E-state index is 0.0782. The Morgan fingerprint density at radius 3 is 2.83 bits per heavy atom. The van der Waals surface area contributed by atoms with Crippen LogP contribution >= 0.6 is 0 Å². The number of rotatable bonds is 12. The van der Waals surface area contributed by atoms with Crippen molar-refractivity contribution in [3.63, 3.8) is 0 Å². The first-order valence-corrected chi connectivity index (χ1v) is 6.93. The molecule has 0 rings (SSSR count). The molecule has 0 aliphatic heterocycles. The molecule has 0 aliphatic carbocycles. The maximum Gasteiger partial charge on any atom is 0.246 e. The Morgan fingerprint density at radius 2 is 2.22 bits per heavy atom. The molecule has 0 aliphatic rings. The molecule has 1 unspecified atom stereocenters. The second-order valence-electron chi connectivity index (χ2n) is 4.41. The fourth-order valence-electron chi connectivity index (χ4n) is 1.70. The van der Waals surface area contributed by atoms with Gasteiger partial charge in [0.15, 0.2) is 0 Å². The van der Waals surface area contributed by atoms with E-state index in [2.05, 4.69) is 18.8 Å². The first-order valence-electron chi connectivity index (χ1n) is 6.93. The number of unbranched alkanes of at least 4 members (excludes halogenated alkanes) is 3. The van der Waals surface area contributed by atoms with Gasteiger partial charge in [-0.15, -0.1) is 6.58 Å². The first kappa shape index (κ1) is 17.1. The Balaban J connectivity index is 3.56. The lowest BCUT2D eigenvalue weighted by Crippen LogP contribution is -2.33. The maximum atomic E-state index is 11.3. The van der Waals surface area contributed by atoms with E-state index < -0.39 is 0 Å². The zero-order valence-corrected chi connectivity index (χ0v) is 11.6. The Bertz CT molecular complexity index is 220. The highest BCUT2D eigenvalue weighted by Crippen LogP contribution is 2.11. The van der Waals surface area contributed by atoms with Gasteiger partial charge in [-0.05, 0) is 25.7 Å². The van der Waals surface area contributed by atoms with Gasteiger partial charge in [-0.25, -0.2) is 0 Å². The molecule has 18 heavy (non-hydrogen) atoms. The summed E-state index contributed by atoms with van der Waals surface area (Å²) in [5.41, 5.74) is 5.30. The lowest BCUT2D eigenvalue weighted by Gasteiger charge is -2.15. The average molecular weight is 256 g/mol. The molecule has 0 spiro atoms. The fourth-order valence-corrected chi connectivity index (χ4v) is 1.70. The lowest BCUT2D eigenvalue weighted by molar-refractivity contribution is -0.127. The van der Waals surface area contributed by atoms with Gasteiger partial charge in [0.2, 0.25) is 5.91 Å².